The van der Waals surface area contributed by atoms with E-state index in [2.05, 4.69) is 82.4 Å². The Morgan fingerprint density at radius 3 is 1.59 bits per heavy atom. The Kier molecular flexibility index (Phi) is 25.0. The van der Waals surface area contributed by atoms with Crippen molar-refractivity contribution in [3.8, 4) is 11.1 Å². The van der Waals surface area contributed by atoms with E-state index in [9.17, 15) is 33.6 Å². The summed E-state index contributed by atoms with van der Waals surface area (Å²) in [6, 6.07) is 38.3. The fraction of sp³-hybridized carbons (Fsp3) is 0.500. The van der Waals surface area contributed by atoms with E-state index in [0.29, 0.717) is 18.8 Å². The summed E-state index contributed by atoms with van der Waals surface area (Å²) in [6.45, 7) is 22.5. The Balaban J connectivity index is 1.04. The number of carbonyl (C=O) groups is 8. The quantitative estimate of drug-likeness (QED) is 0.0121. The molecular weight excluding hydrogens is 1230 g/mol. The second-order valence-electron chi connectivity index (χ2n) is 29.0. The minimum Gasteiger partial charge on any atom is -0.444 e. The van der Waals surface area contributed by atoms with Crippen molar-refractivity contribution >= 4 is 54.7 Å². The standard InChI is InChI=1S/C76H101BN8O12/c1-13-14-26-51-34-36-52(37-35-51)53-38-40-54(41-39-53)66(88)83-61(44-46-79-71(93)95-73(7,8)9)69(91)84-60(42-43-64(86)85-76(55-27-18-15-19-28-55,56-29-20-16-21-30-56)57-31-22-17-23-32-57)67(89)80-49(2)65(87)82-59(33-24-25-45-78-70(92)94-72(4,5)6)68(90)81-50(3)77-96-63-48-58-47-62(74(58,10)11)75(63,12)97-77/h15-23,27-32,34-41,49-50,58-63H,13-14,24-26,33,42-48H2,1-12H3,(H,78,92)(H,79,93)(H,80,89)(H,81,90)(H,82,87)(H,83,88)(H,84,91)(H,85,86)/t49-,50-,58-,59-,60-,61-,62-,63?,75-/m0/s1. The number of aryl methyl sites for hydroxylation is 1. The van der Waals surface area contributed by atoms with Crippen LogP contribution in [0.2, 0.25) is 0 Å². The molecule has 3 saturated carbocycles. The summed E-state index contributed by atoms with van der Waals surface area (Å²) in [5, 5.41) is 23.0. The molecule has 1 saturated heterocycles. The molecule has 8 amide bonds. The van der Waals surface area contributed by atoms with E-state index in [4.69, 9.17) is 18.8 Å². The average molecular weight is 1330 g/mol. The lowest BCUT2D eigenvalue weighted by molar-refractivity contribution is -0.199. The summed E-state index contributed by atoms with van der Waals surface area (Å²) in [4.78, 5) is 114. The summed E-state index contributed by atoms with van der Waals surface area (Å²) < 4.78 is 24.1. The molecule has 3 aliphatic carbocycles. The molecule has 0 spiro atoms. The fourth-order valence-electron chi connectivity index (χ4n) is 13.5. The zero-order chi connectivity index (χ0) is 70.3. The monoisotopic (exact) mass is 1330 g/mol. The van der Waals surface area contributed by atoms with Gasteiger partial charge >= 0.3 is 19.3 Å². The van der Waals surface area contributed by atoms with Crippen molar-refractivity contribution in [2.45, 2.75) is 212 Å². The minimum absolute atomic E-state index is 0.0922. The van der Waals surface area contributed by atoms with Gasteiger partial charge in [0.25, 0.3) is 5.91 Å². The second-order valence-corrected chi connectivity index (χ2v) is 29.0. The number of amides is 8. The SMILES string of the molecule is CCCCc1ccc(-c2ccc(C(=O)N[C@@H](CCNC(=O)OC(C)(C)C)C(=O)N[C@@H](CCC(=O)NC(c3ccccc3)(c3ccccc3)c3ccccc3)C(=O)N[C@@H](C)C(=O)N[C@@H](CCCCNC(=O)OC(C)(C)C)C(=O)N[C@@H](C)B3OC4C[C@@H]5C[C@@H](C5(C)C)[C@]4(C)O3)cc2)cc1. The van der Waals surface area contributed by atoms with Crippen molar-refractivity contribution in [1.82, 2.24) is 42.5 Å². The van der Waals surface area contributed by atoms with Crippen LogP contribution in [0, 0.1) is 17.3 Å². The molecule has 0 radical (unpaired) electrons. The molecular formula is C76H101BN8O12. The molecule has 21 heteroatoms. The maximum atomic E-state index is 15.0. The Morgan fingerprint density at radius 2 is 1.05 bits per heavy atom. The lowest BCUT2D eigenvalue weighted by Gasteiger charge is -2.64. The average Bonchev–Trinajstić information content (AvgIpc) is 1.65. The topological polar surface area (TPSA) is 270 Å². The van der Waals surface area contributed by atoms with Gasteiger partial charge in [-0.15, -0.1) is 0 Å². The maximum Gasteiger partial charge on any atom is 0.481 e. The minimum atomic E-state index is -1.52. The highest BCUT2D eigenvalue weighted by Gasteiger charge is 2.68. The number of ether oxygens (including phenoxy) is 2. The number of rotatable bonds is 30. The number of nitrogens with one attached hydrogen (secondary N) is 8. The molecule has 0 aromatic heterocycles. The van der Waals surface area contributed by atoms with E-state index >= 15 is 4.79 Å². The van der Waals surface area contributed by atoms with Gasteiger partial charge in [-0.05, 0) is 183 Å². The molecule has 5 aromatic rings. The fourth-order valence-corrected chi connectivity index (χ4v) is 13.5. The van der Waals surface area contributed by atoms with Crippen LogP contribution in [0.15, 0.2) is 140 Å². The highest BCUT2D eigenvalue weighted by molar-refractivity contribution is 6.47. The number of carbonyl (C=O) groups excluding carboxylic acids is 8. The van der Waals surface area contributed by atoms with Crippen molar-refractivity contribution < 1.29 is 57.1 Å². The van der Waals surface area contributed by atoms with Gasteiger partial charge in [0.05, 0.1) is 17.6 Å². The summed E-state index contributed by atoms with van der Waals surface area (Å²) in [5.41, 5.74) is 2.32. The van der Waals surface area contributed by atoms with Gasteiger partial charge in [-0.2, -0.15) is 0 Å². The number of benzene rings is 5. The molecule has 5 aromatic carbocycles. The maximum absolute atomic E-state index is 15.0. The molecule has 97 heavy (non-hydrogen) atoms. The van der Waals surface area contributed by atoms with Crippen LogP contribution in [0.5, 0.6) is 0 Å². The van der Waals surface area contributed by atoms with Gasteiger partial charge in [-0.3, -0.25) is 28.8 Å². The first-order chi connectivity index (χ1) is 46.0. The van der Waals surface area contributed by atoms with E-state index in [1.54, 1.807) is 60.6 Å². The van der Waals surface area contributed by atoms with E-state index in [1.807, 2.05) is 115 Å². The van der Waals surface area contributed by atoms with Crippen molar-refractivity contribution in [3.05, 3.63) is 167 Å². The van der Waals surface area contributed by atoms with Crippen LogP contribution >= 0.6 is 0 Å². The van der Waals surface area contributed by atoms with Crippen molar-refractivity contribution in [3.63, 3.8) is 0 Å². The Morgan fingerprint density at radius 1 is 0.557 bits per heavy atom. The van der Waals surface area contributed by atoms with Gasteiger partial charge in [0.1, 0.15) is 40.9 Å². The predicted octanol–water partition coefficient (Wildman–Crippen LogP) is 10.5. The largest absolute Gasteiger partial charge is 0.481 e. The Labute approximate surface area is 572 Å². The predicted molar refractivity (Wildman–Crippen MR) is 374 cm³/mol. The van der Waals surface area contributed by atoms with Crippen molar-refractivity contribution in [2.24, 2.45) is 17.3 Å². The van der Waals surface area contributed by atoms with E-state index in [-0.39, 0.29) is 61.8 Å². The third kappa shape index (κ3) is 19.6. The molecule has 2 bridgehead atoms. The molecule has 1 unspecified atom stereocenters. The van der Waals surface area contributed by atoms with Gasteiger partial charge in [0, 0.05) is 25.1 Å². The highest BCUT2D eigenvalue weighted by Crippen LogP contribution is 2.65. The lowest BCUT2D eigenvalue weighted by Crippen LogP contribution is -2.65. The van der Waals surface area contributed by atoms with Gasteiger partial charge in [0.15, 0.2) is 0 Å². The number of hydrogen-bond acceptors (Lipinski definition) is 12. The third-order valence-corrected chi connectivity index (χ3v) is 18.9. The molecule has 1 aliphatic heterocycles. The Hall–Kier alpha value is -8.56. The number of unbranched alkanes of at least 4 members (excludes halogenated alkanes) is 2. The van der Waals surface area contributed by atoms with E-state index < -0.39 is 107 Å². The van der Waals surface area contributed by atoms with Crippen LogP contribution in [0.3, 0.4) is 0 Å². The van der Waals surface area contributed by atoms with Gasteiger partial charge < -0.3 is 61.3 Å². The molecule has 520 valence electrons. The summed E-state index contributed by atoms with van der Waals surface area (Å²) >= 11 is 0. The third-order valence-electron chi connectivity index (χ3n) is 18.9. The van der Waals surface area contributed by atoms with Crippen molar-refractivity contribution in [2.75, 3.05) is 13.1 Å². The first-order valence-electron chi connectivity index (χ1n) is 34.5. The van der Waals surface area contributed by atoms with E-state index in [0.717, 1.165) is 59.9 Å². The van der Waals surface area contributed by atoms with Crippen LogP contribution in [0.4, 0.5) is 9.59 Å². The van der Waals surface area contributed by atoms with E-state index in [1.165, 1.54) is 12.5 Å². The van der Waals surface area contributed by atoms with Crippen LogP contribution < -0.4 is 42.5 Å². The smallest absolute Gasteiger partial charge is 0.444 e. The summed E-state index contributed by atoms with van der Waals surface area (Å²) in [6.07, 6.45) is 3.66. The highest BCUT2D eigenvalue weighted by atomic mass is 16.7. The zero-order valence-corrected chi connectivity index (χ0v) is 58.6. The lowest BCUT2D eigenvalue weighted by atomic mass is 9.43. The molecule has 4 aliphatic rings. The number of hydrogen-bond donors (Lipinski definition) is 8. The van der Waals surface area contributed by atoms with Gasteiger partial charge in [-0.25, -0.2) is 9.59 Å². The summed E-state index contributed by atoms with van der Waals surface area (Å²) in [7, 11) is -0.758. The van der Waals surface area contributed by atoms with Crippen LogP contribution in [-0.2, 0) is 54.7 Å². The van der Waals surface area contributed by atoms with Gasteiger partial charge in [-0.1, -0.05) is 155 Å². The van der Waals surface area contributed by atoms with Gasteiger partial charge in [0.2, 0.25) is 29.5 Å². The summed E-state index contributed by atoms with van der Waals surface area (Å²) in [5.74, 6) is -3.91. The second kappa shape index (κ2) is 32.7. The van der Waals surface area contributed by atoms with Crippen LogP contribution in [-0.4, -0.2) is 121 Å². The molecule has 4 fully saturated rings. The normalized spacial score (nSPS) is 19.3. The molecule has 1 heterocycles. The van der Waals surface area contributed by atoms with Crippen LogP contribution in [0.1, 0.15) is 180 Å². The molecule has 8 N–H and O–H groups in total. The molecule has 20 nitrogen and oxygen atoms in total. The number of alkyl carbamates (subject to hydrolysis) is 2. The first-order valence-corrected chi connectivity index (χ1v) is 34.5. The zero-order valence-electron chi connectivity index (χ0n) is 58.6. The van der Waals surface area contributed by atoms with Crippen LogP contribution in [0.25, 0.3) is 11.1 Å². The first kappa shape index (κ1) is 74.2. The molecule has 9 atom stereocenters. The molecule has 9 rings (SSSR count). The van der Waals surface area contributed by atoms with Crippen molar-refractivity contribution in [1.29, 1.82) is 0 Å². The Bertz CT molecular complexity index is 3400.